The molecule has 0 fully saturated rings. The minimum Gasteiger partial charge on any atom is -0.497 e. The zero-order chi connectivity index (χ0) is 18.1. The lowest BCUT2D eigenvalue weighted by atomic mass is 9.79. The lowest BCUT2D eigenvalue weighted by Crippen LogP contribution is -2.30. The van der Waals surface area contributed by atoms with Gasteiger partial charge < -0.3 is 9.47 Å². The van der Waals surface area contributed by atoms with Crippen LogP contribution in [0.5, 0.6) is 11.6 Å². The molecule has 1 aromatic heterocycles. The van der Waals surface area contributed by atoms with E-state index in [1.807, 2.05) is 54.6 Å². The molecule has 2 atom stereocenters. The first kappa shape index (κ1) is 15.9. The molecule has 2 heterocycles. The third-order valence-electron chi connectivity index (χ3n) is 4.58. The summed E-state index contributed by atoms with van der Waals surface area (Å²) >= 11 is 0. The monoisotopic (exact) mass is 344 g/mol. The number of fused-ring (bicyclic) bond motifs is 1. The highest BCUT2D eigenvalue weighted by Gasteiger charge is 2.40. The number of aromatic nitrogens is 2. The fourth-order valence-corrected chi connectivity index (χ4v) is 3.31. The van der Waals surface area contributed by atoms with Crippen LogP contribution in [-0.2, 0) is 0 Å². The summed E-state index contributed by atoms with van der Waals surface area (Å²) < 4.78 is 10.8. The maximum atomic E-state index is 9.69. The fourth-order valence-electron chi connectivity index (χ4n) is 3.31. The van der Waals surface area contributed by atoms with Crippen LogP contribution in [0.3, 0.4) is 0 Å². The van der Waals surface area contributed by atoms with Gasteiger partial charge in [-0.25, -0.2) is 0 Å². The second-order valence-electron chi connectivity index (χ2n) is 6.01. The summed E-state index contributed by atoms with van der Waals surface area (Å²) in [6.07, 6.45) is 0. The Morgan fingerprint density at radius 2 is 1.88 bits per heavy atom. The Balaban J connectivity index is 1.90. The molecule has 3 aromatic rings. The number of hydrogen-bond donors (Lipinski definition) is 2. The lowest BCUT2D eigenvalue weighted by Gasteiger charge is -2.28. The van der Waals surface area contributed by atoms with E-state index < -0.39 is 5.92 Å². The molecule has 128 valence electrons. The van der Waals surface area contributed by atoms with E-state index in [1.54, 1.807) is 7.11 Å². The Morgan fingerprint density at radius 1 is 1.15 bits per heavy atom. The van der Waals surface area contributed by atoms with Gasteiger partial charge in [0.05, 0.1) is 24.4 Å². The Bertz CT molecular complexity index is 987. The molecule has 0 spiro atoms. The average molecular weight is 344 g/mol. The average Bonchev–Trinajstić information content (AvgIpc) is 3.11. The van der Waals surface area contributed by atoms with Crippen molar-refractivity contribution in [2.75, 3.05) is 7.11 Å². The molecule has 1 aliphatic heterocycles. The first-order valence-electron chi connectivity index (χ1n) is 8.16. The molecule has 2 unspecified atom stereocenters. The Hall–Kier alpha value is -3.59. The molecule has 0 bridgehead atoms. The summed E-state index contributed by atoms with van der Waals surface area (Å²) in [6.45, 7) is 0. The molecule has 2 aromatic carbocycles. The van der Waals surface area contributed by atoms with E-state index in [4.69, 9.17) is 14.9 Å². The van der Waals surface area contributed by atoms with Crippen molar-refractivity contribution in [3.8, 4) is 29.0 Å². The third kappa shape index (κ3) is 2.50. The van der Waals surface area contributed by atoms with Gasteiger partial charge in [0.2, 0.25) is 11.8 Å². The van der Waals surface area contributed by atoms with Crippen LogP contribution in [0.15, 0.2) is 54.6 Å². The van der Waals surface area contributed by atoms with Crippen LogP contribution in [0.2, 0.25) is 0 Å². The van der Waals surface area contributed by atoms with Gasteiger partial charge >= 0.3 is 0 Å². The van der Waals surface area contributed by atoms with Gasteiger partial charge in [0.1, 0.15) is 11.7 Å². The van der Waals surface area contributed by atoms with Gasteiger partial charge in [-0.15, -0.1) is 5.10 Å². The number of methoxy groups -OCH3 is 1. The molecule has 4 rings (SSSR count). The number of aromatic amines is 1. The summed E-state index contributed by atoms with van der Waals surface area (Å²) in [6, 6.07) is 19.5. The maximum absolute atomic E-state index is 9.69. The van der Waals surface area contributed by atoms with E-state index in [0.29, 0.717) is 5.88 Å². The first-order chi connectivity index (χ1) is 12.7. The van der Waals surface area contributed by atoms with Gasteiger partial charge in [-0.2, -0.15) is 5.26 Å². The zero-order valence-corrected chi connectivity index (χ0v) is 14.1. The van der Waals surface area contributed by atoms with E-state index in [0.717, 1.165) is 28.1 Å². The van der Waals surface area contributed by atoms with Crippen molar-refractivity contribution in [1.29, 1.82) is 10.7 Å². The van der Waals surface area contributed by atoms with Crippen LogP contribution in [-0.4, -0.2) is 23.2 Å². The molecule has 2 N–H and O–H groups in total. The van der Waals surface area contributed by atoms with Crippen LogP contribution < -0.4 is 9.47 Å². The number of nitriles is 1. The van der Waals surface area contributed by atoms with Gasteiger partial charge in [-0.1, -0.05) is 42.5 Å². The summed E-state index contributed by atoms with van der Waals surface area (Å²) in [4.78, 5) is 0. The molecule has 0 aliphatic carbocycles. The minimum atomic E-state index is -0.726. The first-order valence-corrected chi connectivity index (χ1v) is 8.16. The lowest BCUT2D eigenvalue weighted by molar-refractivity contribution is 0.414. The van der Waals surface area contributed by atoms with Gasteiger partial charge in [0, 0.05) is 5.92 Å². The van der Waals surface area contributed by atoms with E-state index in [-0.39, 0.29) is 11.8 Å². The van der Waals surface area contributed by atoms with Crippen molar-refractivity contribution in [3.05, 3.63) is 65.7 Å². The van der Waals surface area contributed by atoms with Crippen molar-refractivity contribution < 1.29 is 9.47 Å². The number of rotatable bonds is 3. The topological polar surface area (TPSA) is 94.8 Å². The van der Waals surface area contributed by atoms with Crippen LogP contribution in [0.25, 0.3) is 11.3 Å². The van der Waals surface area contributed by atoms with Gasteiger partial charge in [0.25, 0.3) is 0 Å². The smallest absolute Gasteiger partial charge is 0.244 e. The highest BCUT2D eigenvalue weighted by Crippen LogP contribution is 2.45. The molecule has 0 saturated carbocycles. The van der Waals surface area contributed by atoms with Gasteiger partial charge in [0.15, 0.2) is 0 Å². The van der Waals surface area contributed by atoms with Crippen molar-refractivity contribution >= 4 is 5.90 Å². The minimum absolute atomic E-state index is 0.0908. The van der Waals surface area contributed by atoms with E-state index in [2.05, 4.69) is 16.3 Å². The number of benzene rings is 2. The highest BCUT2D eigenvalue weighted by molar-refractivity contribution is 5.86. The summed E-state index contributed by atoms with van der Waals surface area (Å²) in [5, 5.41) is 25.1. The Kier molecular flexibility index (Phi) is 3.90. The molecule has 1 aliphatic rings. The quantitative estimate of drug-likeness (QED) is 0.757. The SMILES string of the molecule is COc1ccc(C2c3c(n[nH]c3-c3ccccc3)OC(=N)C2C#N)cc1. The maximum Gasteiger partial charge on any atom is 0.244 e. The highest BCUT2D eigenvalue weighted by atomic mass is 16.5. The van der Waals surface area contributed by atoms with E-state index in [1.165, 1.54) is 0 Å². The van der Waals surface area contributed by atoms with Crippen molar-refractivity contribution in [2.45, 2.75) is 5.92 Å². The molecule has 26 heavy (non-hydrogen) atoms. The summed E-state index contributed by atoms with van der Waals surface area (Å²) in [7, 11) is 1.61. The second-order valence-corrected chi connectivity index (χ2v) is 6.01. The standard InChI is InChI=1S/C20H16N4O2/c1-25-14-9-7-12(8-10-14)16-15(11-21)19(22)26-20-17(16)18(23-24-20)13-5-3-2-4-6-13/h2-10,15-16,22H,1H3,(H,23,24). The molecule has 0 saturated heterocycles. The normalized spacial score (nSPS) is 18.5. The predicted molar refractivity (Wildman–Crippen MR) is 96.3 cm³/mol. The third-order valence-corrected chi connectivity index (χ3v) is 4.58. The van der Waals surface area contributed by atoms with Crippen LogP contribution >= 0.6 is 0 Å². The van der Waals surface area contributed by atoms with Gasteiger partial charge in [-0.05, 0) is 23.3 Å². The van der Waals surface area contributed by atoms with Crippen molar-refractivity contribution in [1.82, 2.24) is 10.2 Å². The van der Waals surface area contributed by atoms with E-state index in [9.17, 15) is 5.26 Å². The molecule has 6 nitrogen and oxygen atoms in total. The van der Waals surface area contributed by atoms with Crippen molar-refractivity contribution in [2.24, 2.45) is 5.92 Å². The number of nitrogens with zero attached hydrogens (tertiary/aromatic N) is 2. The number of ether oxygens (including phenoxy) is 2. The molecular weight excluding hydrogens is 328 g/mol. The predicted octanol–water partition coefficient (Wildman–Crippen LogP) is 3.73. The molecular formula is C20H16N4O2. The zero-order valence-electron chi connectivity index (χ0n) is 14.1. The summed E-state index contributed by atoms with van der Waals surface area (Å²) in [5.74, 6) is -0.0831. The Morgan fingerprint density at radius 3 is 2.54 bits per heavy atom. The van der Waals surface area contributed by atoms with E-state index >= 15 is 0 Å². The largest absolute Gasteiger partial charge is 0.497 e. The van der Waals surface area contributed by atoms with Crippen LogP contribution in [0, 0.1) is 22.7 Å². The Labute approximate surface area is 150 Å². The molecule has 0 radical (unpaired) electrons. The molecule has 6 heteroatoms. The second kappa shape index (κ2) is 6.37. The number of H-pyrrole nitrogens is 1. The van der Waals surface area contributed by atoms with Gasteiger partial charge in [-0.3, -0.25) is 10.5 Å². The fraction of sp³-hybridized carbons (Fsp3) is 0.150. The summed E-state index contributed by atoms with van der Waals surface area (Å²) in [5.41, 5.74) is 3.46. The number of nitrogens with one attached hydrogen (secondary N) is 2. The molecule has 0 amide bonds. The van der Waals surface area contributed by atoms with Crippen LogP contribution in [0.1, 0.15) is 17.0 Å². The van der Waals surface area contributed by atoms with Crippen molar-refractivity contribution in [3.63, 3.8) is 0 Å². The van der Waals surface area contributed by atoms with Crippen LogP contribution in [0.4, 0.5) is 0 Å². The number of hydrogen-bond acceptors (Lipinski definition) is 5.